The number of hydrogen-bond donors (Lipinski definition) is 1. The molecule has 0 aliphatic rings. The van der Waals surface area contributed by atoms with E-state index in [0.29, 0.717) is 12.4 Å². The van der Waals surface area contributed by atoms with Gasteiger partial charge >= 0.3 is 0 Å². The number of halogens is 1. The van der Waals surface area contributed by atoms with E-state index in [9.17, 15) is 13.2 Å². The van der Waals surface area contributed by atoms with E-state index >= 15 is 0 Å². The fourth-order valence-corrected chi connectivity index (χ4v) is 5.05. The van der Waals surface area contributed by atoms with Crippen LogP contribution in [-0.4, -0.2) is 34.6 Å². The molecule has 180 valence electrons. The Morgan fingerprint density at radius 2 is 1.74 bits per heavy atom. The van der Waals surface area contributed by atoms with Crippen LogP contribution in [0.25, 0.3) is 0 Å². The molecule has 7 nitrogen and oxygen atoms in total. The lowest BCUT2D eigenvalue weighted by atomic mass is 10.1. The molecule has 34 heavy (non-hydrogen) atoms. The molecule has 0 radical (unpaired) electrons. The zero-order valence-corrected chi connectivity index (χ0v) is 20.8. The second-order valence-electron chi connectivity index (χ2n) is 7.43. The van der Waals surface area contributed by atoms with E-state index in [-0.39, 0.29) is 21.6 Å². The molecular formula is C25H27ClN2O5S. The monoisotopic (exact) mass is 502 g/mol. The fraction of sp³-hybridized carbons (Fsp3) is 0.240. The van der Waals surface area contributed by atoms with Crippen molar-refractivity contribution in [1.82, 2.24) is 5.32 Å². The van der Waals surface area contributed by atoms with Crippen molar-refractivity contribution < 1.29 is 22.7 Å². The summed E-state index contributed by atoms with van der Waals surface area (Å²) < 4.78 is 38.5. The molecule has 0 aromatic heterocycles. The predicted octanol–water partition coefficient (Wildman–Crippen LogP) is 4.82. The highest BCUT2D eigenvalue weighted by molar-refractivity contribution is 7.92. The van der Waals surface area contributed by atoms with E-state index < -0.39 is 22.5 Å². The average Bonchev–Trinajstić information content (AvgIpc) is 2.83. The van der Waals surface area contributed by atoms with Gasteiger partial charge in [0, 0.05) is 0 Å². The van der Waals surface area contributed by atoms with Gasteiger partial charge in [-0.05, 0) is 61.9 Å². The number of carbonyl (C=O) groups excluding carboxylic acids is 1. The molecule has 0 bridgehead atoms. The predicted molar refractivity (Wildman–Crippen MR) is 133 cm³/mol. The summed E-state index contributed by atoms with van der Waals surface area (Å²) in [4.78, 5) is 13.0. The van der Waals surface area contributed by atoms with Crippen LogP contribution in [0.2, 0.25) is 5.02 Å². The number of carbonyl (C=O) groups is 1. The van der Waals surface area contributed by atoms with Crippen LogP contribution >= 0.6 is 11.6 Å². The Morgan fingerprint density at radius 1 is 1.06 bits per heavy atom. The van der Waals surface area contributed by atoms with Gasteiger partial charge in [-0.2, -0.15) is 0 Å². The van der Waals surface area contributed by atoms with Gasteiger partial charge in [-0.3, -0.25) is 9.10 Å². The molecule has 0 fully saturated rings. The smallest absolute Gasteiger partial charge is 0.264 e. The maximum atomic E-state index is 13.4. The van der Waals surface area contributed by atoms with Gasteiger partial charge in [0.1, 0.15) is 18.0 Å². The van der Waals surface area contributed by atoms with Gasteiger partial charge in [0.05, 0.1) is 35.4 Å². The van der Waals surface area contributed by atoms with Crippen LogP contribution in [0.5, 0.6) is 11.5 Å². The van der Waals surface area contributed by atoms with Gasteiger partial charge in [0.2, 0.25) is 5.91 Å². The third-order valence-electron chi connectivity index (χ3n) is 5.11. The highest BCUT2D eigenvalue weighted by atomic mass is 35.5. The Labute approximate surface area is 205 Å². The third kappa shape index (κ3) is 6.01. The largest absolute Gasteiger partial charge is 0.495 e. The number of nitrogens with zero attached hydrogens (tertiary/aromatic N) is 1. The van der Waals surface area contributed by atoms with Gasteiger partial charge in [-0.1, -0.05) is 41.9 Å². The first kappa shape index (κ1) is 25.4. The quantitative estimate of drug-likeness (QED) is 0.429. The Hall–Kier alpha value is -3.23. The lowest BCUT2D eigenvalue weighted by Crippen LogP contribution is -2.41. The molecule has 3 aromatic rings. The first-order chi connectivity index (χ1) is 16.3. The molecule has 3 aromatic carbocycles. The van der Waals surface area contributed by atoms with Crippen LogP contribution < -0.4 is 19.1 Å². The van der Waals surface area contributed by atoms with Crippen molar-refractivity contribution in [3.63, 3.8) is 0 Å². The van der Waals surface area contributed by atoms with Crippen LogP contribution in [0.1, 0.15) is 25.5 Å². The minimum Gasteiger partial charge on any atom is -0.495 e. The van der Waals surface area contributed by atoms with E-state index in [1.54, 1.807) is 30.3 Å². The van der Waals surface area contributed by atoms with Crippen molar-refractivity contribution in [3.8, 4) is 11.5 Å². The number of nitrogens with one attached hydrogen (secondary N) is 1. The second-order valence-corrected chi connectivity index (χ2v) is 9.70. The number of anilines is 1. The Kier molecular flexibility index (Phi) is 8.41. The molecule has 1 amide bonds. The number of amides is 1. The molecule has 1 N–H and O–H groups in total. The molecule has 3 rings (SSSR count). The van der Waals surface area contributed by atoms with E-state index in [0.717, 1.165) is 15.6 Å². The molecule has 0 spiro atoms. The van der Waals surface area contributed by atoms with Gasteiger partial charge in [0.15, 0.2) is 0 Å². The summed E-state index contributed by atoms with van der Waals surface area (Å²) >= 11 is 6.25. The third-order valence-corrected chi connectivity index (χ3v) is 7.19. The second kappa shape index (κ2) is 11.3. The fourth-order valence-electron chi connectivity index (χ4n) is 3.37. The number of hydrogen-bond acceptors (Lipinski definition) is 5. The number of sulfonamides is 1. The molecule has 1 unspecified atom stereocenters. The van der Waals surface area contributed by atoms with Gasteiger partial charge < -0.3 is 14.8 Å². The first-order valence-electron chi connectivity index (χ1n) is 10.7. The highest BCUT2D eigenvalue weighted by Gasteiger charge is 2.28. The van der Waals surface area contributed by atoms with Crippen molar-refractivity contribution >= 4 is 33.2 Å². The summed E-state index contributed by atoms with van der Waals surface area (Å²) in [6, 6.07) is 19.5. The first-order valence-corrected chi connectivity index (χ1v) is 12.5. The van der Waals surface area contributed by atoms with E-state index in [1.165, 1.54) is 25.3 Å². The Bertz CT molecular complexity index is 1220. The van der Waals surface area contributed by atoms with E-state index in [4.69, 9.17) is 21.1 Å². The van der Waals surface area contributed by atoms with Crippen LogP contribution in [0, 0.1) is 0 Å². The maximum Gasteiger partial charge on any atom is 0.264 e. The summed E-state index contributed by atoms with van der Waals surface area (Å²) in [6.07, 6.45) is 0. The molecule has 0 aliphatic carbocycles. The van der Waals surface area contributed by atoms with Crippen LogP contribution in [-0.2, 0) is 14.8 Å². The van der Waals surface area contributed by atoms with Crippen molar-refractivity contribution in [2.75, 3.05) is 24.6 Å². The van der Waals surface area contributed by atoms with Crippen molar-refractivity contribution in [1.29, 1.82) is 0 Å². The van der Waals surface area contributed by atoms with Crippen LogP contribution in [0.3, 0.4) is 0 Å². The minimum absolute atomic E-state index is 0.0642. The molecule has 0 heterocycles. The highest BCUT2D eigenvalue weighted by Crippen LogP contribution is 2.32. The van der Waals surface area contributed by atoms with Crippen molar-refractivity contribution in [2.45, 2.75) is 24.8 Å². The zero-order valence-electron chi connectivity index (χ0n) is 19.2. The summed E-state index contributed by atoms with van der Waals surface area (Å²) in [7, 11) is -2.57. The SMILES string of the molecule is CCOc1ccc(C(C)NC(=O)CN(c2ccc(OC)c(Cl)c2)S(=O)(=O)c2ccccc2)cc1. The van der Waals surface area contributed by atoms with E-state index in [1.807, 2.05) is 38.1 Å². The summed E-state index contributed by atoms with van der Waals surface area (Å²) in [6.45, 7) is 3.86. The van der Waals surface area contributed by atoms with Gasteiger partial charge in [-0.25, -0.2) is 8.42 Å². The summed E-state index contributed by atoms with van der Waals surface area (Å²) in [5.74, 6) is 0.671. The summed E-state index contributed by atoms with van der Waals surface area (Å²) in [5, 5.41) is 3.10. The van der Waals surface area contributed by atoms with E-state index in [2.05, 4.69) is 5.32 Å². The normalized spacial score (nSPS) is 12.0. The molecule has 1 atom stereocenters. The van der Waals surface area contributed by atoms with Gasteiger partial charge in [0.25, 0.3) is 10.0 Å². The number of ether oxygens (including phenoxy) is 2. The standard InChI is InChI=1S/C25H27ClN2O5S/c1-4-33-21-13-10-19(11-14-21)18(2)27-25(29)17-28(20-12-15-24(32-3)23(26)16-20)34(30,31)22-8-6-5-7-9-22/h5-16,18H,4,17H2,1-3H3,(H,27,29). The molecule has 9 heteroatoms. The Morgan fingerprint density at radius 3 is 2.32 bits per heavy atom. The molecular weight excluding hydrogens is 476 g/mol. The number of rotatable bonds is 10. The van der Waals surface area contributed by atoms with Gasteiger partial charge in [-0.15, -0.1) is 0 Å². The van der Waals surface area contributed by atoms with Crippen molar-refractivity contribution in [3.05, 3.63) is 83.4 Å². The molecule has 0 saturated heterocycles. The maximum absolute atomic E-state index is 13.4. The van der Waals surface area contributed by atoms with Crippen LogP contribution in [0.4, 0.5) is 5.69 Å². The minimum atomic E-state index is -4.04. The molecule has 0 saturated carbocycles. The lowest BCUT2D eigenvalue weighted by molar-refractivity contribution is -0.120. The van der Waals surface area contributed by atoms with Crippen molar-refractivity contribution in [2.24, 2.45) is 0 Å². The molecule has 0 aliphatic heterocycles. The van der Waals surface area contributed by atoms with Crippen LogP contribution in [0.15, 0.2) is 77.7 Å². The lowest BCUT2D eigenvalue weighted by Gasteiger charge is -2.25. The average molecular weight is 503 g/mol. The topological polar surface area (TPSA) is 84.9 Å². The zero-order chi connectivity index (χ0) is 24.7. The Balaban J connectivity index is 1.86. The summed E-state index contributed by atoms with van der Waals surface area (Å²) in [5.41, 5.74) is 1.11. The number of methoxy groups -OCH3 is 1. The number of benzene rings is 3.